The fraction of sp³-hybridized carbons (Fsp3) is 0.357. The molecule has 0 unspecified atom stereocenters. The summed E-state index contributed by atoms with van der Waals surface area (Å²) < 4.78 is 0. The molecule has 0 radical (unpaired) electrons. The number of piperidine rings is 1. The quantitative estimate of drug-likeness (QED) is 0.943. The van der Waals surface area contributed by atoms with E-state index in [2.05, 4.69) is 20.2 Å². The van der Waals surface area contributed by atoms with Crippen LogP contribution in [0.2, 0.25) is 0 Å². The Labute approximate surface area is 121 Å². The summed E-state index contributed by atoms with van der Waals surface area (Å²) in [7, 11) is 0. The van der Waals surface area contributed by atoms with E-state index in [1.807, 2.05) is 17.5 Å². The standard InChI is InChI=1S/C14H16N4OS/c19-14(11-5-4-8-20-11)17-12-9-13(16-10-15-12)18-6-2-1-3-7-18/h4-5,8-10H,1-3,6-7H2,(H,15,16,17,19). The Balaban J connectivity index is 1.72. The van der Waals surface area contributed by atoms with Gasteiger partial charge >= 0.3 is 0 Å². The summed E-state index contributed by atoms with van der Waals surface area (Å²) in [5.41, 5.74) is 0. The van der Waals surface area contributed by atoms with Gasteiger partial charge in [-0.2, -0.15) is 0 Å². The fourth-order valence-corrected chi connectivity index (χ4v) is 2.92. The Hall–Kier alpha value is -1.95. The Morgan fingerprint density at radius 2 is 2.10 bits per heavy atom. The SMILES string of the molecule is O=C(Nc1cc(N2CCCCC2)ncn1)c1cccs1. The van der Waals surface area contributed by atoms with Gasteiger partial charge in [-0.15, -0.1) is 11.3 Å². The average Bonchev–Trinajstić information content (AvgIpc) is 3.03. The molecule has 1 N–H and O–H groups in total. The van der Waals surface area contributed by atoms with Crippen molar-refractivity contribution in [2.75, 3.05) is 23.3 Å². The monoisotopic (exact) mass is 288 g/mol. The van der Waals surface area contributed by atoms with Crippen LogP contribution in [0.25, 0.3) is 0 Å². The minimum absolute atomic E-state index is 0.122. The van der Waals surface area contributed by atoms with Crippen molar-refractivity contribution < 1.29 is 4.79 Å². The van der Waals surface area contributed by atoms with E-state index < -0.39 is 0 Å². The molecule has 6 heteroatoms. The van der Waals surface area contributed by atoms with Gasteiger partial charge in [-0.1, -0.05) is 6.07 Å². The van der Waals surface area contributed by atoms with Crippen molar-refractivity contribution in [3.8, 4) is 0 Å². The molecule has 1 aliphatic rings. The second kappa shape index (κ2) is 6.00. The van der Waals surface area contributed by atoms with Crippen LogP contribution in [0.3, 0.4) is 0 Å². The summed E-state index contributed by atoms with van der Waals surface area (Å²) in [6.07, 6.45) is 5.18. The maximum Gasteiger partial charge on any atom is 0.266 e. The van der Waals surface area contributed by atoms with Crippen molar-refractivity contribution in [3.63, 3.8) is 0 Å². The molecule has 1 amide bonds. The summed E-state index contributed by atoms with van der Waals surface area (Å²) in [4.78, 5) is 23.3. The van der Waals surface area contributed by atoms with E-state index in [1.54, 1.807) is 6.07 Å². The second-order valence-corrected chi connectivity index (χ2v) is 5.69. The zero-order valence-corrected chi connectivity index (χ0v) is 11.9. The first-order valence-corrected chi connectivity index (χ1v) is 7.63. The third-order valence-corrected chi connectivity index (χ3v) is 4.19. The van der Waals surface area contributed by atoms with Crippen molar-refractivity contribution in [1.29, 1.82) is 0 Å². The van der Waals surface area contributed by atoms with E-state index in [1.165, 1.54) is 36.9 Å². The normalized spacial score (nSPS) is 15.1. The number of anilines is 2. The maximum atomic E-state index is 12.0. The van der Waals surface area contributed by atoms with Gasteiger partial charge in [-0.3, -0.25) is 4.79 Å². The lowest BCUT2D eigenvalue weighted by molar-refractivity contribution is 0.103. The summed E-state index contributed by atoms with van der Waals surface area (Å²) in [6, 6.07) is 5.50. The van der Waals surface area contributed by atoms with E-state index in [4.69, 9.17) is 0 Å². The minimum atomic E-state index is -0.122. The minimum Gasteiger partial charge on any atom is -0.356 e. The van der Waals surface area contributed by atoms with Crippen molar-refractivity contribution in [2.24, 2.45) is 0 Å². The molecule has 0 aliphatic carbocycles. The molecule has 20 heavy (non-hydrogen) atoms. The third-order valence-electron chi connectivity index (χ3n) is 3.32. The van der Waals surface area contributed by atoms with Crippen molar-refractivity contribution >= 4 is 28.9 Å². The van der Waals surface area contributed by atoms with Crippen LogP contribution in [0, 0.1) is 0 Å². The number of hydrogen-bond donors (Lipinski definition) is 1. The lowest BCUT2D eigenvalue weighted by Crippen LogP contribution is -2.30. The molecule has 1 fully saturated rings. The van der Waals surface area contributed by atoms with Crippen LogP contribution in [-0.2, 0) is 0 Å². The number of rotatable bonds is 3. The van der Waals surface area contributed by atoms with Gasteiger partial charge in [0.05, 0.1) is 4.88 Å². The molecule has 5 nitrogen and oxygen atoms in total. The lowest BCUT2D eigenvalue weighted by Gasteiger charge is -2.27. The molecule has 3 rings (SSSR count). The van der Waals surface area contributed by atoms with Crippen LogP contribution in [0.1, 0.15) is 28.9 Å². The first kappa shape index (κ1) is 13.1. The Morgan fingerprint density at radius 1 is 1.25 bits per heavy atom. The van der Waals surface area contributed by atoms with E-state index in [0.717, 1.165) is 18.9 Å². The molecule has 2 aromatic rings. The van der Waals surface area contributed by atoms with Crippen molar-refractivity contribution in [3.05, 3.63) is 34.8 Å². The van der Waals surface area contributed by atoms with Crippen molar-refractivity contribution in [1.82, 2.24) is 9.97 Å². The summed E-state index contributed by atoms with van der Waals surface area (Å²) >= 11 is 1.42. The highest BCUT2D eigenvalue weighted by atomic mass is 32.1. The average molecular weight is 288 g/mol. The molecule has 0 atom stereocenters. The van der Waals surface area contributed by atoms with Gasteiger partial charge in [-0.05, 0) is 30.7 Å². The first-order chi connectivity index (χ1) is 9.83. The topological polar surface area (TPSA) is 58.1 Å². The van der Waals surface area contributed by atoms with Gasteiger partial charge in [-0.25, -0.2) is 9.97 Å². The largest absolute Gasteiger partial charge is 0.356 e. The second-order valence-electron chi connectivity index (χ2n) is 4.74. The zero-order chi connectivity index (χ0) is 13.8. The van der Waals surface area contributed by atoms with Crippen LogP contribution in [-0.4, -0.2) is 29.0 Å². The van der Waals surface area contributed by atoms with E-state index in [-0.39, 0.29) is 5.91 Å². The molecule has 3 heterocycles. The molecule has 0 saturated carbocycles. The molecular weight excluding hydrogens is 272 g/mol. The number of aromatic nitrogens is 2. The van der Waals surface area contributed by atoms with Gasteiger partial charge in [0.15, 0.2) is 0 Å². The Bertz CT molecular complexity index is 579. The number of nitrogens with zero attached hydrogens (tertiary/aromatic N) is 3. The number of carbonyl (C=O) groups is 1. The molecule has 0 spiro atoms. The molecule has 104 valence electrons. The molecular formula is C14H16N4OS. The number of carbonyl (C=O) groups excluding carboxylic acids is 1. The molecule has 0 aromatic carbocycles. The summed E-state index contributed by atoms with van der Waals surface area (Å²) in [6.45, 7) is 2.05. The van der Waals surface area contributed by atoms with Crippen LogP contribution >= 0.6 is 11.3 Å². The zero-order valence-electron chi connectivity index (χ0n) is 11.1. The lowest BCUT2D eigenvalue weighted by atomic mass is 10.1. The number of thiophene rings is 1. The van der Waals surface area contributed by atoms with Crippen LogP contribution in [0.4, 0.5) is 11.6 Å². The van der Waals surface area contributed by atoms with Gasteiger partial charge < -0.3 is 10.2 Å². The highest BCUT2D eigenvalue weighted by Gasteiger charge is 2.14. The summed E-state index contributed by atoms with van der Waals surface area (Å²) in [5, 5.41) is 4.70. The number of amides is 1. The molecule has 1 aliphatic heterocycles. The number of nitrogens with one attached hydrogen (secondary N) is 1. The maximum absolute atomic E-state index is 12.0. The fourth-order valence-electron chi connectivity index (χ4n) is 2.30. The number of hydrogen-bond acceptors (Lipinski definition) is 5. The Kier molecular flexibility index (Phi) is 3.92. The van der Waals surface area contributed by atoms with E-state index in [9.17, 15) is 4.79 Å². The van der Waals surface area contributed by atoms with Gasteiger partial charge in [0.1, 0.15) is 18.0 Å². The predicted molar refractivity (Wildman–Crippen MR) is 80.4 cm³/mol. The molecule has 1 saturated heterocycles. The first-order valence-electron chi connectivity index (χ1n) is 6.75. The van der Waals surface area contributed by atoms with Crippen molar-refractivity contribution in [2.45, 2.75) is 19.3 Å². The predicted octanol–water partition coefficient (Wildman–Crippen LogP) is 2.78. The van der Waals surface area contributed by atoms with E-state index in [0.29, 0.717) is 10.7 Å². The van der Waals surface area contributed by atoms with Crippen LogP contribution in [0.15, 0.2) is 29.9 Å². The summed E-state index contributed by atoms with van der Waals surface area (Å²) in [5.74, 6) is 1.32. The molecule has 2 aromatic heterocycles. The third kappa shape index (κ3) is 2.96. The van der Waals surface area contributed by atoms with Gasteiger partial charge in [0, 0.05) is 19.2 Å². The van der Waals surface area contributed by atoms with Gasteiger partial charge in [0.25, 0.3) is 5.91 Å². The van der Waals surface area contributed by atoms with Crippen LogP contribution in [0.5, 0.6) is 0 Å². The van der Waals surface area contributed by atoms with Crippen LogP contribution < -0.4 is 10.2 Å². The highest BCUT2D eigenvalue weighted by molar-refractivity contribution is 7.12. The smallest absolute Gasteiger partial charge is 0.266 e. The highest BCUT2D eigenvalue weighted by Crippen LogP contribution is 2.19. The van der Waals surface area contributed by atoms with E-state index >= 15 is 0 Å². The molecule has 0 bridgehead atoms. The van der Waals surface area contributed by atoms with Gasteiger partial charge in [0.2, 0.25) is 0 Å². The Morgan fingerprint density at radius 3 is 2.85 bits per heavy atom.